The lowest BCUT2D eigenvalue weighted by atomic mass is 10.0. The largest absolute Gasteiger partial charge is 0.314 e. The highest BCUT2D eigenvalue weighted by atomic mass is 19.1. The molecule has 0 saturated carbocycles. The van der Waals surface area contributed by atoms with E-state index in [2.05, 4.69) is 24.1 Å². The fourth-order valence-electron chi connectivity index (χ4n) is 2.59. The summed E-state index contributed by atoms with van der Waals surface area (Å²) in [5, 5.41) is 3.40. The van der Waals surface area contributed by atoms with Gasteiger partial charge in [-0.2, -0.15) is 0 Å². The minimum absolute atomic E-state index is 0.156. The summed E-state index contributed by atoms with van der Waals surface area (Å²) >= 11 is 0. The zero-order valence-corrected chi connectivity index (χ0v) is 10.6. The van der Waals surface area contributed by atoms with Crippen molar-refractivity contribution in [2.24, 2.45) is 0 Å². The molecule has 0 spiro atoms. The predicted molar refractivity (Wildman–Crippen MR) is 68.6 cm³/mol. The first kappa shape index (κ1) is 12.5. The minimum Gasteiger partial charge on any atom is -0.314 e. The molecule has 1 aromatic rings. The van der Waals surface area contributed by atoms with E-state index in [4.69, 9.17) is 0 Å². The lowest BCUT2D eigenvalue weighted by molar-refractivity contribution is 0.125. The van der Waals surface area contributed by atoms with E-state index in [9.17, 15) is 4.39 Å². The highest BCUT2D eigenvalue weighted by Gasteiger charge is 2.22. The third-order valence-corrected chi connectivity index (χ3v) is 3.56. The Bertz CT molecular complexity index is 350. The maximum Gasteiger partial charge on any atom is 0.123 e. The van der Waals surface area contributed by atoms with Crippen LogP contribution in [0.3, 0.4) is 0 Å². The second-order valence-corrected chi connectivity index (χ2v) is 4.97. The smallest absolute Gasteiger partial charge is 0.123 e. The van der Waals surface area contributed by atoms with E-state index >= 15 is 0 Å². The van der Waals surface area contributed by atoms with Gasteiger partial charge < -0.3 is 5.32 Å². The van der Waals surface area contributed by atoms with Crippen LogP contribution in [0.25, 0.3) is 0 Å². The van der Waals surface area contributed by atoms with Gasteiger partial charge in [0.25, 0.3) is 0 Å². The van der Waals surface area contributed by atoms with Crippen LogP contribution >= 0.6 is 0 Å². The molecule has 2 rings (SSSR count). The molecule has 1 fully saturated rings. The first-order chi connectivity index (χ1) is 8.16. The van der Waals surface area contributed by atoms with Crippen LogP contribution in [0, 0.1) is 5.82 Å². The maximum atomic E-state index is 12.8. The second-order valence-electron chi connectivity index (χ2n) is 4.97. The van der Waals surface area contributed by atoms with Crippen molar-refractivity contribution >= 4 is 0 Å². The van der Waals surface area contributed by atoms with Crippen molar-refractivity contribution in [2.45, 2.75) is 32.4 Å². The molecule has 2 unspecified atom stereocenters. The van der Waals surface area contributed by atoms with Gasteiger partial charge in [-0.1, -0.05) is 12.1 Å². The molecule has 2 nitrogen and oxygen atoms in total. The average Bonchev–Trinajstić information content (AvgIpc) is 2.32. The summed E-state index contributed by atoms with van der Waals surface area (Å²) in [6, 6.07) is 7.96. The zero-order chi connectivity index (χ0) is 12.3. The number of nitrogens with one attached hydrogen (secondary N) is 1. The van der Waals surface area contributed by atoms with Gasteiger partial charge in [-0.05, 0) is 38.0 Å². The van der Waals surface area contributed by atoms with E-state index in [-0.39, 0.29) is 5.82 Å². The van der Waals surface area contributed by atoms with Gasteiger partial charge in [0.15, 0.2) is 0 Å². The Balaban J connectivity index is 1.95. The normalized spacial score (nSPS) is 23.6. The molecule has 0 aliphatic carbocycles. The number of halogens is 1. The summed E-state index contributed by atoms with van der Waals surface area (Å²) in [7, 11) is 0. The molecular formula is C14H21FN2. The molecule has 1 aliphatic heterocycles. The fourth-order valence-corrected chi connectivity index (χ4v) is 2.59. The van der Waals surface area contributed by atoms with E-state index in [0.717, 1.165) is 26.1 Å². The summed E-state index contributed by atoms with van der Waals surface area (Å²) in [4.78, 5) is 2.53. The Kier molecular flexibility index (Phi) is 4.13. The van der Waals surface area contributed by atoms with E-state index in [1.54, 1.807) is 12.1 Å². The molecule has 1 aromatic carbocycles. The van der Waals surface area contributed by atoms with Crippen LogP contribution in [-0.4, -0.2) is 36.6 Å². The number of piperazine rings is 1. The summed E-state index contributed by atoms with van der Waals surface area (Å²) in [6.07, 6.45) is 0.991. The highest BCUT2D eigenvalue weighted by molar-refractivity contribution is 5.17. The summed E-state index contributed by atoms with van der Waals surface area (Å²) in [5.41, 5.74) is 1.21. The van der Waals surface area contributed by atoms with Gasteiger partial charge in [0.05, 0.1) is 0 Å². The quantitative estimate of drug-likeness (QED) is 0.864. The Labute approximate surface area is 103 Å². The van der Waals surface area contributed by atoms with E-state index in [1.165, 1.54) is 5.56 Å². The van der Waals surface area contributed by atoms with Crippen molar-refractivity contribution in [3.05, 3.63) is 35.6 Å². The first-order valence-corrected chi connectivity index (χ1v) is 6.37. The van der Waals surface area contributed by atoms with E-state index < -0.39 is 0 Å². The van der Waals surface area contributed by atoms with Crippen molar-refractivity contribution in [2.75, 3.05) is 19.6 Å². The van der Waals surface area contributed by atoms with Gasteiger partial charge >= 0.3 is 0 Å². The topological polar surface area (TPSA) is 15.3 Å². The van der Waals surface area contributed by atoms with Crippen molar-refractivity contribution in [1.82, 2.24) is 10.2 Å². The number of nitrogens with zero attached hydrogens (tertiary/aromatic N) is 1. The third-order valence-electron chi connectivity index (χ3n) is 3.56. The van der Waals surface area contributed by atoms with Crippen LogP contribution < -0.4 is 5.32 Å². The zero-order valence-electron chi connectivity index (χ0n) is 10.6. The molecule has 1 saturated heterocycles. The number of rotatable bonds is 3. The molecular weight excluding hydrogens is 215 g/mol. The molecule has 1 N–H and O–H groups in total. The number of hydrogen-bond acceptors (Lipinski definition) is 2. The summed E-state index contributed by atoms with van der Waals surface area (Å²) in [6.45, 7) is 7.74. The van der Waals surface area contributed by atoms with Crippen LogP contribution in [0.15, 0.2) is 24.3 Å². The standard InChI is InChI=1S/C14H21FN2/c1-11(17-8-7-16-10-12(17)2)9-13-3-5-14(15)6-4-13/h3-6,11-12,16H,7-10H2,1-2H3. The summed E-state index contributed by atoms with van der Waals surface area (Å²) in [5.74, 6) is -0.156. The fraction of sp³-hybridized carbons (Fsp3) is 0.571. The highest BCUT2D eigenvalue weighted by Crippen LogP contribution is 2.13. The molecule has 0 amide bonds. The van der Waals surface area contributed by atoms with Gasteiger partial charge in [-0.25, -0.2) is 4.39 Å². The Morgan fingerprint density at radius 3 is 2.76 bits per heavy atom. The van der Waals surface area contributed by atoms with Gasteiger partial charge in [0.2, 0.25) is 0 Å². The molecule has 94 valence electrons. The van der Waals surface area contributed by atoms with Crippen LogP contribution in [0.2, 0.25) is 0 Å². The number of benzene rings is 1. The van der Waals surface area contributed by atoms with Crippen LogP contribution in [0.1, 0.15) is 19.4 Å². The molecule has 0 radical (unpaired) electrons. The van der Waals surface area contributed by atoms with Crippen LogP contribution in [0.5, 0.6) is 0 Å². The predicted octanol–water partition coefficient (Wildman–Crippen LogP) is 2.05. The lowest BCUT2D eigenvalue weighted by Gasteiger charge is -2.38. The monoisotopic (exact) mass is 236 g/mol. The molecule has 0 bridgehead atoms. The molecule has 2 atom stereocenters. The van der Waals surface area contributed by atoms with Gasteiger partial charge in [-0.3, -0.25) is 4.90 Å². The maximum absolute atomic E-state index is 12.8. The van der Waals surface area contributed by atoms with E-state index in [1.807, 2.05) is 12.1 Å². The van der Waals surface area contributed by atoms with Crippen molar-refractivity contribution in [1.29, 1.82) is 0 Å². The molecule has 17 heavy (non-hydrogen) atoms. The Morgan fingerprint density at radius 2 is 2.12 bits per heavy atom. The average molecular weight is 236 g/mol. The summed E-state index contributed by atoms with van der Waals surface area (Å²) < 4.78 is 12.8. The Hall–Kier alpha value is -0.930. The van der Waals surface area contributed by atoms with Crippen molar-refractivity contribution in [3.8, 4) is 0 Å². The van der Waals surface area contributed by atoms with Crippen molar-refractivity contribution < 1.29 is 4.39 Å². The SMILES string of the molecule is CC1CNCCN1C(C)Cc1ccc(F)cc1. The molecule has 3 heteroatoms. The van der Waals surface area contributed by atoms with E-state index in [0.29, 0.717) is 12.1 Å². The van der Waals surface area contributed by atoms with Crippen molar-refractivity contribution in [3.63, 3.8) is 0 Å². The number of hydrogen-bond donors (Lipinski definition) is 1. The lowest BCUT2D eigenvalue weighted by Crippen LogP contribution is -2.53. The minimum atomic E-state index is -0.156. The van der Waals surface area contributed by atoms with Crippen LogP contribution in [-0.2, 0) is 6.42 Å². The second kappa shape index (κ2) is 5.61. The molecule has 0 aromatic heterocycles. The van der Waals surface area contributed by atoms with Gasteiger partial charge in [0.1, 0.15) is 5.82 Å². The first-order valence-electron chi connectivity index (χ1n) is 6.37. The molecule has 1 heterocycles. The van der Waals surface area contributed by atoms with Gasteiger partial charge in [-0.15, -0.1) is 0 Å². The third kappa shape index (κ3) is 3.27. The van der Waals surface area contributed by atoms with Crippen LogP contribution in [0.4, 0.5) is 4.39 Å². The van der Waals surface area contributed by atoms with Gasteiger partial charge in [0, 0.05) is 31.7 Å². The molecule has 1 aliphatic rings. The Morgan fingerprint density at radius 1 is 1.41 bits per heavy atom.